The first-order chi connectivity index (χ1) is 13.6. The minimum absolute atomic E-state index is 0.0665. The van der Waals surface area contributed by atoms with Crippen LogP contribution in [0, 0.1) is 0 Å². The molecular weight excluding hydrogens is 352 g/mol. The fourth-order valence-electron chi connectivity index (χ4n) is 3.13. The molecule has 0 radical (unpaired) electrons. The van der Waals surface area contributed by atoms with Crippen LogP contribution < -0.4 is 9.47 Å². The molecule has 1 aliphatic carbocycles. The molecule has 0 saturated heterocycles. The highest BCUT2D eigenvalue weighted by Gasteiger charge is 2.16. The van der Waals surface area contributed by atoms with Crippen LogP contribution in [0.5, 0.6) is 11.5 Å². The summed E-state index contributed by atoms with van der Waals surface area (Å²) in [6.45, 7) is 0. The van der Waals surface area contributed by atoms with Crippen LogP contribution in [0.3, 0.4) is 0 Å². The number of rotatable bonds is 5. The zero-order valence-electron chi connectivity index (χ0n) is 15.3. The Bertz CT molecular complexity index is 1060. The van der Waals surface area contributed by atoms with Crippen molar-refractivity contribution in [3.63, 3.8) is 0 Å². The van der Waals surface area contributed by atoms with Gasteiger partial charge >= 0.3 is 5.97 Å². The Hall–Kier alpha value is -3.66. The Balaban J connectivity index is 1.49. The van der Waals surface area contributed by atoms with Gasteiger partial charge in [0.15, 0.2) is 5.78 Å². The second-order valence-corrected chi connectivity index (χ2v) is 6.50. The molecule has 4 heteroatoms. The molecule has 3 aromatic rings. The Morgan fingerprint density at radius 2 is 1.50 bits per heavy atom. The number of carbonyl (C=O) groups is 2. The number of ether oxygens (including phenoxy) is 2. The first kappa shape index (κ1) is 17.7. The van der Waals surface area contributed by atoms with Crippen LogP contribution in [0.4, 0.5) is 0 Å². The molecule has 0 unspecified atom stereocenters. The molecule has 0 fully saturated rings. The fourth-order valence-corrected chi connectivity index (χ4v) is 3.13. The van der Waals surface area contributed by atoms with E-state index in [0.717, 1.165) is 12.0 Å². The predicted molar refractivity (Wildman–Crippen MR) is 107 cm³/mol. The van der Waals surface area contributed by atoms with E-state index in [1.807, 2.05) is 24.3 Å². The summed E-state index contributed by atoms with van der Waals surface area (Å²) in [4.78, 5) is 25.1. The maximum Gasteiger partial charge on any atom is 0.343 e. The third kappa shape index (κ3) is 3.58. The Morgan fingerprint density at radius 1 is 0.821 bits per heavy atom. The van der Waals surface area contributed by atoms with Gasteiger partial charge in [-0.2, -0.15) is 0 Å². The largest absolute Gasteiger partial charge is 0.497 e. The number of ketones is 1. The zero-order valence-corrected chi connectivity index (χ0v) is 15.3. The minimum Gasteiger partial charge on any atom is -0.497 e. The Labute approximate surface area is 163 Å². The van der Waals surface area contributed by atoms with Crippen molar-refractivity contribution < 1.29 is 19.1 Å². The first-order valence-electron chi connectivity index (χ1n) is 8.94. The molecule has 0 saturated carbocycles. The van der Waals surface area contributed by atoms with E-state index in [0.29, 0.717) is 28.2 Å². The molecule has 0 atom stereocenters. The van der Waals surface area contributed by atoms with Gasteiger partial charge in [0.2, 0.25) is 0 Å². The van der Waals surface area contributed by atoms with Gasteiger partial charge in [0.25, 0.3) is 0 Å². The number of allylic oxidation sites excluding steroid dienone is 1. The van der Waals surface area contributed by atoms with Gasteiger partial charge in [0.1, 0.15) is 11.5 Å². The van der Waals surface area contributed by atoms with Crippen LogP contribution in [0.15, 0.2) is 72.8 Å². The normalized spacial score (nSPS) is 11.8. The lowest BCUT2D eigenvalue weighted by Gasteiger charge is -2.11. The van der Waals surface area contributed by atoms with Gasteiger partial charge in [-0.05, 0) is 53.9 Å². The summed E-state index contributed by atoms with van der Waals surface area (Å²) in [6.07, 6.45) is 4.92. The average Bonchev–Trinajstić information content (AvgIpc) is 2.74. The highest BCUT2D eigenvalue weighted by atomic mass is 16.5. The van der Waals surface area contributed by atoms with Crippen molar-refractivity contribution in [3.8, 4) is 11.5 Å². The monoisotopic (exact) mass is 370 g/mol. The van der Waals surface area contributed by atoms with E-state index in [1.54, 1.807) is 55.6 Å². The number of carbonyl (C=O) groups excluding carboxylic acids is 2. The molecule has 0 spiro atoms. The molecule has 3 aromatic carbocycles. The number of methoxy groups -OCH3 is 1. The second-order valence-electron chi connectivity index (χ2n) is 6.50. The summed E-state index contributed by atoms with van der Waals surface area (Å²) in [7, 11) is 1.57. The standard InChI is InChI=1S/C24H18O4/c1-27-20-10-12-21(13-11-20)28-24(26)18-8-6-17(7-9-18)23(25)22-14-5-16-3-2-4-19(22)15-16/h2,4-15H,3H2,1H3. The van der Waals surface area contributed by atoms with Crippen LogP contribution in [-0.4, -0.2) is 18.9 Å². The van der Waals surface area contributed by atoms with Gasteiger partial charge in [-0.1, -0.05) is 42.5 Å². The maximum absolute atomic E-state index is 12.8. The molecule has 0 aromatic heterocycles. The van der Waals surface area contributed by atoms with Crippen molar-refractivity contribution in [1.82, 2.24) is 0 Å². The lowest BCUT2D eigenvalue weighted by molar-refractivity contribution is 0.0734. The van der Waals surface area contributed by atoms with Crippen LogP contribution in [0.25, 0.3) is 6.08 Å². The molecule has 0 amide bonds. The molecule has 1 aliphatic rings. The van der Waals surface area contributed by atoms with Crippen molar-refractivity contribution in [2.24, 2.45) is 0 Å². The van der Waals surface area contributed by atoms with Gasteiger partial charge in [-0.15, -0.1) is 0 Å². The molecule has 28 heavy (non-hydrogen) atoms. The highest BCUT2D eigenvalue weighted by Crippen LogP contribution is 2.23. The molecular formula is C24H18O4. The summed E-state index contributed by atoms with van der Waals surface area (Å²) in [5, 5.41) is 0. The van der Waals surface area contributed by atoms with E-state index in [2.05, 4.69) is 6.08 Å². The summed E-state index contributed by atoms with van der Waals surface area (Å²) >= 11 is 0. The van der Waals surface area contributed by atoms with Crippen LogP contribution in [0.2, 0.25) is 0 Å². The molecule has 4 nitrogen and oxygen atoms in total. The number of fused-ring (bicyclic) bond motifs is 2. The predicted octanol–water partition coefficient (Wildman–Crippen LogP) is 4.71. The third-order valence-corrected chi connectivity index (χ3v) is 4.66. The molecule has 2 bridgehead atoms. The number of hydrogen-bond donors (Lipinski definition) is 0. The van der Waals surface area contributed by atoms with Gasteiger partial charge in [-0.25, -0.2) is 4.79 Å². The van der Waals surface area contributed by atoms with E-state index in [4.69, 9.17) is 9.47 Å². The van der Waals surface area contributed by atoms with Crippen molar-refractivity contribution in [3.05, 3.63) is 101 Å². The van der Waals surface area contributed by atoms with Crippen molar-refractivity contribution in [2.45, 2.75) is 6.42 Å². The van der Waals surface area contributed by atoms with E-state index in [9.17, 15) is 9.59 Å². The fraction of sp³-hybridized carbons (Fsp3) is 0.0833. The van der Waals surface area contributed by atoms with Crippen molar-refractivity contribution in [2.75, 3.05) is 7.11 Å². The van der Waals surface area contributed by atoms with E-state index >= 15 is 0 Å². The third-order valence-electron chi connectivity index (χ3n) is 4.66. The summed E-state index contributed by atoms with van der Waals surface area (Å²) in [5.74, 6) is 0.566. The highest BCUT2D eigenvalue weighted by molar-refractivity contribution is 6.11. The number of benzene rings is 3. The maximum atomic E-state index is 12.8. The lowest BCUT2D eigenvalue weighted by atomic mass is 9.92. The number of hydrogen-bond acceptors (Lipinski definition) is 4. The Morgan fingerprint density at radius 3 is 2.21 bits per heavy atom. The van der Waals surface area contributed by atoms with Crippen LogP contribution in [0.1, 0.15) is 37.4 Å². The van der Waals surface area contributed by atoms with Gasteiger partial charge in [-0.3, -0.25) is 4.79 Å². The summed E-state index contributed by atoms with van der Waals surface area (Å²) < 4.78 is 10.4. The minimum atomic E-state index is -0.480. The van der Waals surface area contributed by atoms with E-state index in [-0.39, 0.29) is 5.78 Å². The topological polar surface area (TPSA) is 52.6 Å². The van der Waals surface area contributed by atoms with Gasteiger partial charge in [0, 0.05) is 11.1 Å². The van der Waals surface area contributed by atoms with E-state index in [1.165, 1.54) is 5.56 Å². The summed E-state index contributed by atoms with van der Waals surface area (Å²) in [6, 6.07) is 19.2. The summed E-state index contributed by atoms with van der Waals surface area (Å²) in [5.41, 5.74) is 3.70. The van der Waals surface area contributed by atoms with Crippen molar-refractivity contribution in [1.29, 1.82) is 0 Å². The quantitative estimate of drug-likeness (QED) is 0.371. The molecule has 0 heterocycles. The lowest BCUT2D eigenvalue weighted by Crippen LogP contribution is -2.10. The van der Waals surface area contributed by atoms with Gasteiger partial charge < -0.3 is 9.47 Å². The molecule has 0 N–H and O–H groups in total. The average molecular weight is 370 g/mol. The van der Waals surface area contributed by atoms with Crippen molar-refractivity contribution >= 4 is 17.8 Å². The first-order valence-corrected chi connectivity index (χ1v) is 8.94. The number of esters is 1. The van der Waals surface area contributed by atoms with Crippen LogP contribution in [-0.2, 0) is 6.42 Å². The van der Waals surface area contributed by atoms with E-state index < -0.39 is 5.97 Å². The molecule has 138 valence electrons. The Kier molecular flexibility index (Phi) is 4.77. The SMILES string of the molecule is COc1ccc(OC(=O)c2ccc(C(=O)c3ccc4cc3C=CC4)cc2)cc1. The van der Waals surface area contributed by atoms with Crippen LogP contribution >= 0.6 is 0 Å². The zero-order chi connectivity index (χ0) is 19.5. The van der Waals surface area contributed by atoms with Gasteiger partial charge in [0.05, 0.1) is 12.7 Å². The molecule has 4 rings (SSSR count). The second kappa shape index (κ2) is 7.53. The smallest absolute Gasteiger partial charge is 0.343 e. The molecule has 0 aliphatic heterocycles.